The topological polar surface area (TPSA) is 47.3 Å². The number of methoxy groups -OCH3 is 1. The first-order valence-corrected chi connectivity index (χ1v) is 6.59. The van der Waals surface area contributed by atoms with Crippen LogP contribution in [-0.2, 0) is 6.42 Å². The summed E-state index contributed by atoms with van der Waals surface area (Å²) in [6.45, 7) is 1.94. The predicted molar refractivity (Wildman–Crippen MR) is 77.9 cm³/mol. The van der Waals surface area contributed by atoms with Crippen LogP contribution < -0.4 is 16.0 Å². The maximum absolute atomic E-state index is 13.8. The Balaban J connectivity index is 2.36. The SMILES string of the molecule is COc1ccc(C)cc1C(Cc1cc(F)ccc1F)NN. The number of nitrogens with two attached hydrogens (primary N) is 1. The summed E-state index contributed by atoms with van der Waals surface area (Å²) in [7, 11) is 1.56. The molecular weight excluding hydrogens is 274 g/mol. The van der Waals surface area contributed by atoms with Crippen LogP contribution in [0.5, 0.6) is 5.75 Å². The Hall–Kier alpha value is -1.98. The van der Waals surface area contributed by atoms with Gasteiger partial charge in [0, 0.05) is 5.56 Å². The van der Waals surface area contributed by atoms with Gasteiger partial charge >= 0.3 is 0 Å². The fourth-order valence-electron chi connectivity index (χ4n) is 2.30. The second-order valence-corrected chi connectivity index (χ2v) is 4.90. The number of ether oxygens (including phenoxy) is 1. The molecule has 5 heteroatoms. The van der Waals surface area contributed by atoms with Crippen LogP contribution in [0.3, 0.4) is 0 Å². The molecule has 3 nitrogen and oxygen atoms in total. The van der Waals surface area contributed by atoms with E-state index in [1.807, 2.05) is 25.1 Å². The largest absolute Gasteiger partial charge is 0.496 e. The summed E-state index contributed by atoms with van der Waals surface area (Å²) < 4.78 is 32.4. The molecule has 2 aromatic rings. The van der Waals surface area contributed by atoms with Crippen molar-refractivity contribution in [2.75, 3.05) is 7.11 Å². The number of aryl methyl sites for hydroxylation is 1. The maximum Gasteiger partial charge on any atom is 0.126 e. The lowest BCUT2D eigenvalue weighted by molar-refractivity contribution is 0.398. The predicted octanol–water partition coefficient (Wildman–Crippen LogP) is 3.03. The van der Waals surface area contributed by atoms with Crippen LogP contribution in [0.2, 0.25) is 0 Å². The van der Waals surface area contributed by atoms with Crippen molar-refractivity contribution in [1.82, 2.24) is 5.43 Å². The molecule has 0 saturated heterocycles. The van der Waals surface area contributed by atoms with Crippen LogP contribution in [0.25, 0.3) is 0 Å². The Morgan fingerprint density at radius 1 is 1.19 bits per heavy atom. The average molecular weight is 292 g/mol. The quantitative estimate of drug-likeness (QED) is 0.658. The number of hydrazine groups is 1. The van der Waals surface area contributed by atoms with Crippen LogP contribution in [0.1, 0.15) is 22.7 Å². The molecule has 0 heterocycles. The lowest BCUT2D eigenvalue weighted by Crippen LogP contribution is -2.30. The first-order valence-electron chi connectivity index (χ1n) is 6.59. The minimum Gasteiger partial charge on any atom is -0.496 e. The molecule has 0 spiro atoms. The minimum absolute atomic E-state index is 0.222. The average Bonchev–Trinajstić information content (AvgIpc) is 2.48. The van der Waals surface area contributed by atoms with Gasteiger partial charge in [0.2, 0.25) is 0 Å². The maximum atomic E-state index is 13.8. The highest BCUT2D eigenvalue weighted by Gasteiger charge is 2.18. The Morgan fingerprint density at radius 2 is 1.95 bits per heavy atom. The number of benzene rings is 2. The molecule has 1 unspecified atom stereocenters. The first kappa shape index (κ1) is 15.4. The summed E-state index contributed by atoms with van der Waals surface area (Å²) in [6, 6.07) is 8.68. The highest BCUT2D eigenvalue weighted by Crippen LogP contribution is 2.29. The second-order valence-electron chi connectivity index (χ2n) is 4.90. The van der Waals surface area contributed by atoms with E-state index in [1.54, 1.807) is 7.11 Å². The third kappa shape index (κ3) is 3.56. The molecule has 0 radical (unpaired) electrons. The second kappa shape index (κ2) is 6.65. The molecule has 2 rings (SSSR count). The van der Waals surface area contributed by atoms with Gasteiger partial charge in [0.15, 0.2) is 0 Å². The van der Waals surface area contributed by atoms with E-state index in [0.29, 0.717) is 5.75 Å². The van der Waals surface area contributed by atoms with Crippen molar-refractivity contribution in [2.45, 2.75) is 19.4 Å². The van der Waals surface area contributed by atoms with E-state index in [2.05, 4.69) is 5.43 Å². The molecule has 0 fully saturated rings. The van der Waals surface area contributed by atoms with Gasteiger partial charge in [0.25, 0.3) is 0 Å². The van der Waals surface area contributed by atoms with Crippen LogP contribution in [0.4, 0.5) is 8.78 Å². The zero-order valence-electron chi connectivity index (χ0n) is 12.0. The van der Waals surface area contributed by atoms with Crippen molar-refractivity contribution >= 4 is 0 Å². The third-order valence-corrected chi connectivity index (χ3v) is 3.39. The van der Waals surface area contributed by atoms with Crippen molar-refractivity contribution in [2.24, 2.45) is 5.84 Å². The molecule has 0 aliphatic carbocycles. The van der Waals surface area contributed by atoms with Gasteiger partial charge in [-0.2, -0.15) is 0 Å². The molecule has 2 aromatic carbocycles. The molecule has 0 amide bonds. The van der Waals surface area contributed by atoms with Gasteiger partial charge < -0.3 is 4.74 Å². The van der Waals surface area contributed by atoms with Gasteiger partial charge in [-0.25, -0.2) is 8.78 Å². The summed E-state index contributed by atoms with van der Waals surface area (Å²) in [4.78, 5) is 0. The molecular formula is C16H18F2N2O. The monoisotopic (exact) mass is 292 g/mol. The number of hydrogen-bond donors (Lipinski definition) is 2. The van der Waals surface area contributed by atoms with Crippen molar-refractivity contribution in [3.8, 4) is 5.75 Å². The molecule has 21 heavy (non-hydrogen) atoms. The van der Waals surface area contributed by atoms with E-state index in [9.17, 15) is 8.78 Å². The van der Waals surface area contributed by atoms with Gasteiger partial charge in [-0.05, 0) is 43.2 Å². The van der Waals surface area contributed by atoms with Gasteiger partial charge in [0.05, 0.1) is 13.2 Å². The van der Waals surface area contributed by atoms with Gasteiger partial charge in [0.1, 0.15) is 17.4 Å². The standard InChI is InChI=1S/C16H18F2N2O/c1-10-3-6-16(21-2)13(7-10)15(20-19)9-11-8-12(17)4-5-14(11)18/h3-8,15,20H,9,19H2,1-2H3. The molecule has 1 atom stereocenters. The zero-order chi connectivity index (χ0) is 15.4. The molecule has 0 aliphatic heterocycles. The lowest BCUT2D eigenvalue weighted by atomic mass is 9.97. The molecule has 112 valence electrons. The Labute approximate surface area is 122 Å². The Bertz CT molecular complexity index is 632. The molecule has 0 bridgehead atoms. The van der Waals surface area contributed by atoms with E-state index in [0.717, 1.165) is 23.3 Å². The highest BCUT2D eigenvalue weighted by atomic mass is 19.1. The fourth-order valence-corrected chi connectivity index (χ4v) is 2.30. The van der Waals surface area contributed by atoms with Crippen molar-refractivity contribution < 1.29 is 13.5 Å². The number of hydrogen-bond acceptors (Lipinski definition) is 3. The summed E-state index contributed by atoms with van der Waals surface area (Å²) in [5, 5.41) is 0. The lowest BCUT2D eigenvalue weighted by Gasteiger charge is -2.20. The van der Waals surface area contributed by atoms with Gasteiger partial charge in [-0.15, -0.1) is 0 Å². The van der Waals surface area contributed by atoms with Gasteiger partial charge in [-0.1, -0.05) is 17.7 Å². The van der Waals surface area contributed by atoms with E-state index in [-0.39, 0.29) is 18.0 Å². The molecule has 3 N–H and O–H groups in total. The van der Waals surface area contributed by atoms with Crippen molar-refractivity contribution in [3.63, 3.8) is 0 Å². The Kier molecular flexibility index (Phi) is 4.88. The number of nitrogens with one attached hydrogen (secondary N) is 1. The van der Waals surface area contributed by atoms with E-state index in [1.165, 1.54) is 6.07 Å². The van der Waals surface area contributed by atoms with Gasteiger partial charge in [-0.3, -0.25) is 11.3 Å². The molecule has 0 aliphatic rings. The summed E-state index contributed by atoms with van der Waals surface area (Å²) in [5.41, 5.74) is 4.75. The zero-order valence-corrected chi connectivity index (χ0v) is 12.0. The van der Waals surface area contributed by atoms with E-state index in [4.69, 9.17) is 10.6 Å². The van der Waals surface area contributed by atoms with E-state index >= 15 is 0 Å². The molecule has 0 saturated carbocycles. The summed E-state index contributed by atoms with van der Waals surface area (Å²) >= 11 is 0. The van der Waals surface area contributed by atoms with Crippen molar-refractivity contribution in [3.05, 3.63) is 64.7 Å². The number of halogens is 2. The molecule has 0 aromatic heterocycles. The summed E-state index contributed by atoms with van der Waals surface area (Å²) in [6.07, 6.45) is 0.222. The number of rotatable bonds is 5. The first-order chi connectivity index (χ1) is 10.0. The highest BCUT2D eigenvalue weighted by molar-refractivity contribution is 5.40. The van der Waals surface area contributed by atoms with Crippen LogP contribution in [0.15, 0.2) is 36.4 Å². The summed E-state index contributed by atoms with van der Waals surface area (Å²) in [5.74, 6) is 5.32. The van der Waals surface area contributed by atoms with E-state index < -0.39 is 11.6 Å². The van der Waals surface area contributed by atoms with Crippen LogP contribution in [0, 0.1) is 18.6 Å². The smallest absolute Gasteiger partial charge is 0.126 e. The normalized spacial score (nSPS) is 12.2. The van der Waals surface area contributed by atoms with Crippen LogP contribution >= 0.6 is 0 Å². The Morgan fingerprint density at radius 3 is 2.62 bits per heavy atom. The van der Waals surface area contributed by atoms with Crippen molar-refractivity contribution in [1.29, 1.82) is 0 Å². The third-order valence-electron chi connectivity index (χ3n) is 3.39. The van der Waals surface area contributed by atoms with Crippen LogP contribution in [-0.4, -0.2) is 7.11 Å². The minimum atomic E-state index is -0.474. The fraction of sp³-hybridized carbons (Fsp3) is 0.250.